The maximum atomic E-state index is 11.1. The first-order valence-electron chi connectivity index (χ1n) is 8.02. The molecule has 0 bridgehead atoms. The van der Waals surface area contributed by atoms with Gasteiger partial charge in [0.1, 0.15) is 11.5 Å². The van der Waals surface area contributed by atoms with Gasteiger partial charge >= 0.3 is 6.16 Å². The Hall–Kier alpha value is -2.89. The number of carboxylic acid groups (broad SMARTS) is 1. The van der Waals surface area contributed by atoms with Crippen LogP contribution in [0, 0.1) is 5.92 Å². The van der Waals surface area contributed by atoms with Crippen molar-refractivity contribution in [3.05, 3.63) is 53.6 Å². The van der Waals surface area contributed by atoms with Crippen LogP contribution in [-0.2, 0) is 4.74 Å². The number of hydrogen-bond donors (Lipinski definition) is 2. The first-order chi connectivity index (χ1) is 12.0. The average molecular weight is 343 g/mol. The minimum absolute atomic E-state index is 0.0402. The monoisotopic (exact) mass is 343 g/mol. The fourth-order valence-corrected chi connectivity index (χ4v) is 3.40. The molecule has 1 heterocycles. The van der Waals surface area contributed by atoms with Crippen LogP contribution in [0.15, 0.2) is 42.5 Å². The molecule has 0 radical (unpaired) electrons. The molecule has 1 aliphatic heterocycles. The smallest absolute Gasteiger partial charge is 0.497 e. The number of anilines is 1. The lowest BCUT2D eigenvalue weighted by Gasteiger charge is -2.38. The first-order valence-corrected chi connectivity index (χ1v) is 8.02. The Kier molecular flexibility index (Phi) is 4.70. The van der Waals surface area contributed by atoms with Gasteiger partial charge < -0.3 is 24.6 Å². The standard InChI is InChI=1S/C19H21NO5/c1-11-16(12-7-9-13(23-2)10-8-12)14-5-4-6-15(24-3)17(14)20-18(11)25-19(21)22/h4-11,16,18,20H,1-3H3,(H,21,22). The SMILES string of the molecule is COc1ccc(C2c3cccc(OC)c3NC(OC(=O)O)C2C)cc1. The van der Waals surface area contributed by atoms with Crippen molar-refractivity contribution < 1.29 is 24.1 Å². The molecule has 132 valence electrons. The zero-order chi connectivity index (χ0) is 18.0. The zero-order valence-corrected chi connectivity index (χ0v) is 14.4. The molecule has 1 aliphatic rings. The van der Waals surface area contributed by atoms with Crippen molar-refractivity contribution in [3.8, 4) is 11.5 Å². The summed E-state index contributed by atoms with van der Waals surface area (Å²) in [6.07, 6.45) is -1.98. The topological polar surface area (TPSA) is 77.0 Å². The number of methoxy groups -OCH3 is 2. The van der Waals surface area contributed by atoms with Crippen LogP contribution in [-0.4, -0.2) is 31.7 Å². The van der Waals surface area contributed by atoms with E-state index in [2.05, 4.69) is 5.32 Å². The first kappa shape index (κ1) is 17.0. The summed E-state index contributed by atoms with van der Waals surface area (Å²) < 4.78 is 15.7. The minimum atomic E-state index is -1.31. The molecular formula is C19H21NO5. The van der Waals surface area contributed by atoms with E-state index in [-0.39, 0.29) is 11.8 Å². The molecule has 3 unspecified atom stereocenters. The van der Waals surface area contributed by atoms with E-state index in [1.165, 1.54) is 0 Å². The van der Waals surface area contributed by atoms with E-state index < -0.39 is 12.4 Å². The van der Waals surface area contributed by atoms with Gasteiger partial charge in [-0.2, -0.15) is 0 Å². The highest BCUT2D eigenvalue weighted by molar-refractivity contribution is 5.68. The molecule has 2 aromatic carbocycles. The van der Waals surface area contributed by atoms with Crippen molar-refractivity contribution in [2.24, 2.45) is 5.92 Å². The van der Waals surface area contributed by atoms with Crippen LogP contribution in [0.3, 0.4) is 0 Å². The summed E-state index contributed by atoms with van der Waals surface area (Å²) >= 11 is 0. The highest BCUT2D eigenvalue weighted by atomic mass is 16.7. The van der Waals surface area contributed by atoms with Crippen molar-refractivity contribution in [1.82, 2.24) is 0 Å². The number of carbonyl (C=O) groups is 1. The third kappa shape index (κ3) is 3.20. The van der Waals surface area contributed by atoms with E-state index in [1.54, 1.807) is 14.2 Å². The number of hydrogen-bond acceptors (Lipinski definition) is 5. The summed E-state index contributed by atoms with van der Waals surface area (Å²) in [7, 11) is 3.21. The van der Waals surface area contributed by atoms with E-state index in [4.69, 9.17) is 19.3 Å². The summed E-state index contributed by atoms with van der Waals surface area (Å²) in [5.74, 6) is 1.28. The summed E-state index contributed by atoms with van der Waals surface area (Å²) in [6, 6.07) is 13.6. The summed E-state index contributed by atoms with van der Waals surface area (Å²) in [5, 5.41) is 12.2. The number of rotatable bonds is 4. The highest BCUT2D eigenvalue weighted by Gasteiger charge is 2.38. The van der Waals surface area contributed by atoms with E-state index in [0.29, 0.717) is 5.75 Å². The van der Waals surface area contributed by atoms with Crippen molar-refractivity contribution in [3.63, 3.8) is 0 Å². The molecule has 2 aromatic rings. The Morgan fingerprint density at radius 2 is 1.80 bits per heavy atom. The molecule has 0 spiro atoms. The van der Waals surface area contributed by atoms with Gasteiger partial charge in [-0.25, -0.2) is 4.79 Å². The van der Waals surface area contributed by atoms with Crippen LogP contribution < -0.4 is 14.8 Å². The molecule has 25 heavy (non-hydrogen) atoms. The average Bonchev–Trinajstić information content (AvgIpc) is 2.62. The summed E-state index contributed by atoms with van der Waals surface area (Å²) in [6.45, 7) is 1.97. The Morgan fingerprint density at radius 3 is 2.40 bits per heavy atom. The lowest BCUT2D eigenvalue weighted by Crippen LogP contribution is -2.40. The molecule has 0 fully saturated rings. The van der Waals surface area contributed by atoms with E-state index >= 15 is 0 Å². The second kappa shape index (κ2) is 6.93. The van der Waals surface area contributed by atoms with Crippen molar-refractivity contribution in [2.75, 3.05) is 19.5 Å². The van der Waals surface area contributed by atoms with Crippen LogP contribution in [0.25, 0.3) is 0 Å². The second-order valence-corrected chi connectivity index (χ2v) is 5.98. The van der Waals surface area contributed by atoms with E-state index in [9.17, 15) is 4.79 Å². The van der Waals surface area contributed by atoms with Crippen molar-refractivity contribution >= 4 is 11.8 Å². The van der Waals surface area contributed by atoms with Gasteiger partial charge in [-0.1, -0.05) is 31.2 Å². The fourth-order valence-electron chi connectivity index (χ4n) is 3.40. The maximum absolute atomic E-state index is 11.1. The number of para-hydroxylation sites is 1. The van der Waals surface area contributed by atoms with Crippen molar-refractivity contribution in [2.45, 2.75) is 19.1 Å². The molecule has 0 saturated carbocycles. The zero-order valence-electron chi connectivity index (χ0n) is 14.4. The third-order valence-electron chi connectivity index (χ3n) is 4.61. The van der Waals surface area contributed by atoms with Gasteiger partial charge in [0.15, 0.2) is 6.23 Å². The van der Waals surface area contributed by atoms with E-state index in [1.807, 2.05) is 49.4 Å². The van der Waals surface area contributed by atoms with Gasteiger partial charge in [0.25, 0.3) is 0 Å². The Bertz CT molecular complexity index is 759. The number of ether oxygens (including phenoxy) is 3. The molecule has 3 atom stereocenters. The second-order valence-electron chi connectivity index (χ2n) is 5.98. The number of nitrogens with one attached hydrogen (secondary N) is 1. The van der Waals surface area contributed by atoms with Gasteiger partial charge in [0.2, 0.25) is 0 Å². The van der Waals surface area contributed by atoms with Gasteiger partial charge in [0.05, 0.1) is 19.9 Å². The molecule has 3 rings (SSSR count). The molecule has 0 aromatic heterocycles. The maximum Gasteiger partial charge on any atom is 0.507 e. The Morgan fingerprint density at radius 1 is 1.08 bits per heavy atom. The normalized spacial score (nSPS) is 21.6. The Labute approximate surface area is 146 Å². The van der Waals surface area contributed by atoms with Gasteiger partial charge in [-0.05, 0) is 29.3 Å². The Balaban J connectivity index is 2.09. The molecule has 0 aliphatic carbocycles. The number of benzene rings is 2. The van der Waals surface area contributed by atoms with Crippen LogP contribution in [0.1, 0.15) is 24.0 Å². The van der Waals surface area contributed by atoms with Gasteiger partial charge in [0, 0.05) is 11.8 Å². The predicted octanol–water partition coefficient (Wildman–Crippen LogP) is 3.92. The lowest BCUT2D eigenvalue weighted by atomic mass is 9.77. The number of fused-ring (bicyclic) bond motifs is 1. The quantitative estimate of drug-likeness (QED) is 0.820. The minimum Gasteiger partial charge on any atom is -0.497 e. The van der Waals surface area contributed by atoms with Crippen LogP contribution >= 0.6 is 0 Å². The van der Waals surface area contributed by atoms with Gasteiger partial charge in [-0.15, -0.1) is 0 Å². The van der Waals surface area contributed by atoms with Crippen LogP contribution in [0.5, 0.6) is 11.5 Å². The predicted molar refractivity (Wildman–Crippen MR) is 93.5 cm³/mol. The van der Waals surface area contributed by atoms with Crippen molar-refractivity contribution in [1.29, 1.82) is 0 Å². The van der Waals surface area contributed by atoms with Crippen LogP contribution in [0.2, 0.25) is 0 Å². The van der Waals surface area contributed by atoms with Gasteiger partial charge in [-0.3, -0.25) is 0 Å². The fraction of sp³-hybridized carbons (Fsp3) is 0.316. The molecular weight excluding hydrogens is 322 g/mol. The molecule has 2 N–H and O–H groups in total. The summed E-state index contributed by atoms with van der Waals surface area (Å²) in [4.78, 5) is 11.1. The molecule has 6 nitrogen and oxygen atoms in total. The largest absolute Gasteiger partial charge is 0.507 e. The summed E-state index contributed by atoms with van der Waals surface area (Å²) in [5.41, 5.74) is 2.86. The molecule has 0 saturated heterocycles. The highest BCUT2D eigenvalue weighted by Crippen LogP contribution is 2.46. The third-order valence-corrected chi connectivity index (χ3v) is 4.61. The molecule has 0 amide bonds. The lowest BCUT2D eigenvalue weighted by molar-refractivity contribution is 0.0353. The van der Waals surface area contributed by atoms with E-state index in [0.717, 1.165) is 22.6 Å². The van der Waals surface area contributed by atoms with Crippen LogP contribution in [0.4, 0.5) is 10.5 Å². The molecule has 6 heteroatoms.